The van der Waals surface area contributed by atoms with Gasteiger partial charge < -0.3 is 4.74 Å². The number of aromatic nitrogens is 1. The molecule has 0 atom stereocenters. The molecule has 7 nitrogen and oxygen atoms in total. The number of amides is 1. The molecule has 11 heteroatoms. The van der Waals surface area contributed by atoms with Gasteiger partial charge >= 0.3 is 0 Å². The summed E-state index contributed by atoms with van der Waals surface area (Å²) in [5.41, 5.74) is 2.05. The fourth-order valence-corrected chi connectivity index (χ4v) is 5.75. The third-order valence-corrected chi connectivity index (χ3v) is 8.10. The minimum Gasteiger partial charge on any atom is -0.379 e. The molecule has 0 unspecified atom stereocenters. The molecule has 1 aromatic heterocycles. The van der Waals surface area contributed by atoms with Crippen LogP contribution in [0.15, 0.2) is 58.8 Å². The van der Waals surface area contributed by atoms with E-state index < -0.39 is 10.0 Å². The summed E-state index contributed by atoms with van der Waals surface area (Å²) in [5, 5.41) is 5.89. The van der Waals surface area contributed by atoms with Gasteiger partial charge in [-0.15, -0.1) is 11.3 Å². The van der Waals surface area contributed by atoms with Gasteiger partial charge in [0.05, 0.1) is 23.8 Å². The first-order valence-electron chi connectivity index (χ1n) is 9.91. The molecule has 1 aliphatic rings. The van der Waals surface area contributed by atoms with E-state index >= 15 is 0 Å². The predicted molar refractivity (Wildman–Crippen MR) is 131 cm³/mol. The Bertz CT molecular complexity index is 1290. The van der Waals surface area contributed by atoms with Crippen LogP contribution in [-0.2, 0) is 19.6 Å². The molecule has 3 aromatic rings. The second-order valence-electron chi connectivity index (χ2n) is 7.07. The number of hydrogen-bond acceptors (Lipinski definition) is 6. The number of carbonyl (C=O) groups excluding carboxylic acids is 1. The first-order chi connectivity index (χ1) is 15.8. The summed E-state index contributed by atoms with van der Waals surface area (Å²) < 4.78 is 32.2. The third-order valence-electron chi connectivity index (χ3n) is 4.87. The topological polar surface area (TPSA) is 88.6 Å². The van der Waals surface area contributed by atoms with Gasteiger partial charge in [-0.1, -0.05) is 41.4 Å². The van der Waals surface area contributed by atoms with Gasteiger partial charge in [0, 0.05) is 40.2 Å². The number of benzene rings is 2. The Labute approximate surface area is 205 Å². The number of morpholine rings is 1. The van der Waals surface area contributed by atoms with Crippen LogP contribution in [0.1, 0.15) is 5.56 Å². The average molecular weight is 524 g/mol. The van der Waals surface area contributed by atoms with Gasteiger partial charge in [0.15, 0.2) is 5.13 Å². The minimum atomic E-state index is -3.55. The van der Waals surface area contributed by atoms with Crippen LogP contribution in [0.3, 0.4) is 0 Å². The maximum atomic E-state index is 12.8. The van der Waals surface area contributed by atoms with Crippen molar-refractivity contribution in [2.45, 2.75) is 4.90 Å². The van der Waals surface area contributed by atoms with E-state index in [0.717, 1.165) is 5.56 Å². The van der Waals surface area contributed by atoms with E-state index in [-0.39, 0.29) is 10.8 Å². The van der Waals surface area contributed by atoms with Gasteiger partial charge in [-0.05, 0) is 35.9 Å². The van der Waals surface area contributed by atoms with Crippen LogP contribution in [0, 0.1) is 0 Å². The van der Waals surface area contributed by atoms with Crippen molar-refractivity contribution in [3.8, 4) is 11.3 Å². The molecular formula is C22H19Cl2N3O4S2. The highest BCUT2D eigenvalue weighted by Crippen LogP contribution is 2.27. The molecule has 2 heterocycles. The monoisotopic (exact) mass is 523 g/mol. The molecule has 1 saturated heterocycles. The zero-order valence-corrected chi connectivity index (χ0v) is 20.3. The second-order valence-corrected chi connectivity index (χ2v) is 10.7. The molecule has 1 N–H and O–H groups in total. The molecular weight excluding hydrogens is 505 g/mol. The number of sulfonamides is 1. The smallest absolute Gasteiger partial charge is 0.250 e. The highest BCUT2D eigenvalue weighted by atomic mass is 35.5. The highest BCUT2D eigenvalue weighted by molar-refractivity contribution is 7.89. The Hall–Kier alpha value is -2.27. The van der Waals surface area contributed by atoms with Crippen LogP contribution in [0.5, 0.6) is 0 Å². The summed E-state index contributed by atoms with van der Waals surface area (Å²) in [6.07, 6.45) is 2.96. The van der Waals surface area contributed by atoms with Crippen molar-refractivity contribution in [2.24, 2.45) is 0 Å². The van der Waals surface area contributed by atoms with Crippen LogP contribution in [0.25, 0.3) is 17.3 Å². The van der Waals surface area contributed by atoms with Crippen LogP contribution in [0.4, 0.5) is 5.13 Å². The molecule has 33 heavy (non-hydrogen) atoms. The van der Waals surface area contributed by atoms with E-state index in [9.17, 15) is 13.2 Å². The van der Waals surface area contributed by atoms with Crippen molar-refractivity contribution < 1.29 is 17.9 Å². The molecule has 0 spiro atoms. The number of nitrogens with one attached hydrogen (secondary N) is 1. The van der Waals surface area contributed by atoms with E-state index in [1.54, 1.807) is 53.9 Å². The fraction of sp³-hybridized carbons (Fsp3) is 0.182. The molecule has 1 amide bonds. The summed E-state index contributed by atoms with van der Waals surface area (Å²) >= 11 is 13.3. The van der Waals surface area contributed by atoms with Gasteiger partial charge in [0.2, 0.25) is 15.9 Å². The van der Waals surface area contributed by atoms with E-state index in [0.29, 0.717) is 52.7 Å². The second kappa shape index (κ2) is 10.3. The Morgan fingerprint density at radius 1 is 1.12 bits per heavy atom. The van der Waals surface area contributed by atoms with Crippen LogP contribution >= 0.6 is 34.5 Å². The van der Waals surface area contributed by atoms with E-state index in [4.69, 9.17) is 27.9 Å². The molecule has 4 rings (SSSR count). The first-order valence-corrected chi connectivity index (χ1v) is 13.0. The standard InChI is InChI=1S/C22H19Cl2N3O4S2/c23-17-5-1-15(19(24)13-17)4-8-21(28)26-22-25-20(14-32-22)16-2-6-18(7-3-16)33(29,30)27-9-11-31-12-10-27/h1-8,13-14H,9-12H2,(H,25,26,28). The van der Waals surface area contributed by atoms with E-state index in [2.05, 4.69) is 10.3 Å². The number of nitrogens with zero attached hydrogens (tertiary/aromatic N) is 2. The number of rotatable bonds is 6. The molecule has 0 saturated carbocycles. The lowest BCUT2D eigenvalue weighted by molar-refractivity contribution is -0.111. The van der Waals surface area contributed by atoms with Gasteiger partial charge in [0.1, 0.15) is 0 Å². The number of hydrogen-bond donors (Lipinski definition) is 1. The van der Waals surface area contributed by atoms with Gasteiger partial charge in [0.25, 0.3) is 0 Å². The third kappa shape index (κ3) is 5.81. The summed E-state index contributed by atoms with van der Waals surface area (Å²) in [5.74, 6) is -0.353. The molecule has 1 aliphatic heterocycles. The molecule has 0 bridgehead atoms. The molecule has 0 aliphatic carbocycles. The Balaban J connectivity index is 1.41. The lowest BCUT2D eigenvalue weighted by Crippen LogP contribution is -2.40. The van der Waals surface area contributed by atoms with Crippen molar-refractivity contribution in [1.82, 2.24) is 9.29 Å². The van der Waals surface area contributed by atoms with Gasteiger partial charge in [-0.25, -0.2) is 13.4 Å². The SMILES string of the molecule is O=C(C=Cc1ccc(Cl)cc1Cl)Nc1nc(-c2ccc(S(=O)(=O)N3CCOCC3)cc2)cs1. The minimum absolute atomic E-state index is 0.225. The molecule has 1 fully saturated rings. The first kappa shape index (κ1) is 23.9. The Kier molecular flexibility index (Phi) is 7.48. The summed E-state index contributed by atoms with van der Waals surface area (Å²) in [7, 11) is -3.55. The van der Waals surface area contributed by atoms with Crippen molar-refractivity contribution >= 4 is 61.7 Å². The van der Waals surface area contributed by atoms with Crippen molar-refractivity contribution in [3.63, 3.8) is 0 Å². The van der Waals surface area contributed by atoms with Gasteiger partial charge in [-0.3, -0.25) is 10.1 Å². The normalized spacial score (nSPS) is 15.1. The summed E-state index contributed by atoms with van der Waals surface area (Å²) in [4.78, 5) is 16.9. The molecule has 0 radical (unpaired) electrons. The lowest BCUT2D eigenvalue weighted by Gasteiger charge is -2.26. The number of thiazole rings is 1. The van der Waals surface area contributed by atoms with Crippen molar-refractivity contribution in [3.05, 3.63) is 69.5 Å². The molecule has 172 valence electrons. The maximum Gasteiger partial charge on any atom is 0.250 e. The number of carbonyl (C=O) groups is 1. The van der Waals surface area contributed by atoms with Crippen molar-refractivity contribution in [1.29, 1.82) is 0 Å². The van der Waals surface area contributed by atoms with E-state index in [1.807, 2.05) is 0 Å². The average Bonchev–Trinajstić information content (AvgIpc) is 3.27. The fourth-order valence-electron chi connectivity index (χ4n) is 3.15. The van der Waals surface area contributed by atoms with Gasteiger partial charge in [-0.2, -0.15) is 4.31 Å². The van der Waals surface area contributed by atoms with Crippen LogP contribution < -0.4 is 5.32 Å². The van der Waals surface area contributed by atoms with Crippen LogP contribution in [-0.4, -0.2) is 49.9 Å². The van der Waals surface area contributed by atoms with Crippen LogP contribution in [0.2, 0.25) is 10.0 Å². The predicted octanol–water partition coefficient (Wildman–Crippen LogP) is 4.79. The molecule has 2 aromatic carbocycles. The maximum absolute atomic E-state index is 12.8. The Morgan fingerprint density at radius 2 is 1.85 bits per heavy atom. The van der Waals surface area contributed by atoms with Crippen molar-refractivity contribution in [2.75, 3.05) is 31.6 Å². The summed E-state index contributed by atoms with van der Waals surface area (Å²) in [6.45, 7) is 1.48. The zero-order valence-electron chi connectivity index (χ0n) is 17.2. The highest BCUT2D eigenvalue weighted by Gasteiger charge is 2.26. The zero-order chi connectivity index (χ0) is 23.4. The largest absolute Gasteiger partial charge is 0.379 e. The summed E-state index contributed by atoms with van der Waals surface area (Å²) in [6, 6.07) is 11.6. The van der Waals surface area contributed by atoms with E-state index in [1.165, 1.54) is 21.7 Å². The number of anilines is 1. The Morgan fingerprint density at radius 3 is 2.55 bits per heavy atom. The number of ether oxygens (including phenoxy) is 1. The lowest BCUT2D eigenvalue weighted by atomic mass is 10.2. The number of halogens is 2. The quantitative estimate of drug-likeness (QED) is 0.469.